The van der Waals surface area contributed by atoms with Crippen LogP contribution in [-0.4, -0.2) is 47.0 Å². The van der Waals surface area contributed by atoms with Gasteiger partial charge in [0.1, 0.15) is 5.75 Å². The highest BCUT2D eigenvalue weighted by molar-refractivity contribution is 5.94. The van der Waals surface area contributed by atoms with E-state index >= 15 is 0 Å². The van der Waals surface area contributed by atoms with Crippen LogP contribution in [0.15, 0.2) is 35.1 Å². The lowest BCUT2D eigenvalue weighted by atomic mass is 10.1. The Kier molecular flexibility index (Phi) is 4.56. The van der Waals surface area contributed by atoms with Gasteiger partial charge in [0.2, 0.25) is 0 Å². The predicted octanol–water partition coefficient (Wildman–Crippen LogP) is 2.47. The molecule has 28 heavy (non-hydrogen) atoms. The van der Waals surface area contributed by atoms with Crippen molar-refractivity contribution in [3.8, 4) is 5.75 Å². The van der Waals surface area contributed by atoms with Crippen LogP contribution in [0, 0.1) is 0 Å². The van der Waals surface area contributed by atoms with E-state index in [9.17, 15) is 9.59 Å². The summed E-state index contributed by atoms with van der Waals surface area (Å²) in [7, 11) is 5.37. The zero-order valence-corrected chi connectivity index (χ0v) is 16.1. The standard InChI is InChI=1S/C20H23N5O3/c1-24-10-13-5-4-12(6-14(13)11-24)9-25(2)20(27)23-17-7-15-16(8-18(17)28-3)22-19(26)21-15/h4-8H,9-11H2,1-3H3,(H,23,27)(H2,21,22,26). The molecule has 0 aliphatic carbocycles. The second kappa shape index (κ2) is 7.05. The molecule has 1 aliphatic heterocycles. The average molecular weight is 381 g/mol. The summed E-state index contributed by atoms with van der Waals surface area (Å²) >= 11 is 0. The van der Waals surface area contributed by atoms with E-state index in [0.717, 1.165) is 18.7 Å². The molecule has 0 saturated carbocycles. The monoisotopic (exact) mass is 381 g/mol. The molecule has 1 aromatic heterocycles. The quantitative estimate of drug-likeness (QED) is 0.647. The number of carbonyl (C=O) groups excluding carboxylic acids is 1. The predicted molar refractivity (Wildman–Crippen MR) is 108 cm³/mol. The van der Waals surface area contributed by atoms with E-state index in [0.29, 0.717) is 29.0 Å². The highest BCUT2D eigenvalue weighted by Crippen LogP contribution is 2.28. The Bertz CT molecular complexity index is 1100. The number of amides is 2. The lowest BCUT2D eigenvalue weighted by Gasteiger charge is -2.19. The van der Waals surface area contributed by atoms with E-state index in [2.05, 4.69) is 45.4 Å². The number of nitrogens with one attached hydrogen (secondary N) is 3. The first kappa shape index (κ1) is 18.1. The lowest BCUT2D eigenvalue weighted by molar-refractivity contribution is 0.220. The van der Waals surface area contributed by atoms with E-state index in [1.165, 1.54) is 18.2 Å². The molecule has 0 unspecified atom stereocenters. The topological polar surface area (TPSA) is 93.5 Å². The van der Waals surface area contributed by atoms with Crippen molar-refractivity contribution in [2.24, 2.45) is 0 Å². The zero-order valence-electron chi connectivity index (χ0n) is 16.1. The van der Waals surface area contributed by atoms with Crippen molar-refractivity contribution < 1.29 is 9.53 Å². The first-order valence-corrected chi connectivity index (χ1v) is 9.04. The average Bonchev–Trinajstić information content (AvgIpc) is 3.20. The molecule has 0 saturated heterocycles. The van der Waals surface area contributed by atoms with Crippen LogP contribution in [0.2, 0.25) is 0 Å². The van der Waals surface area contributed by atoms with Crippen LogP contribution < -0.4 is 15.7 Å². The largest absolute Gasteiger partial charge is 0.494 e. The Hall–Kier alpha value is -3.26. The zero-order chi connectivity index (χ0) is 19.8. The second-order valence-electron chi connectivity index (χ2n) is 7.24. The van der Waals surface area contributed by atoms with Gasteiger partial charge in [-0.25, -0.2) is 9.59 Å². The molecule has 0 spiro atoms. The van der Waals surface area contributed by atoms with Crippen LogP contribution in [-0.2, 0) is 19.6 Å². The number of fused-ring (bicyclic) bond motifs is 2. The first-order valence-electron chi connectivity index (χ1n) is 9.04. The van der Waals surface area contributed by atoms with Crippen molar-refractivity contribution in [1.29, 1.82) is 0 Å². The van der Waals surface area contributed by atoms with E-state index in [-0.39, 0.29) is 11.7 Å². The summed E-state index contributed by atoms with van der Waals surface area (Å²) < 4.78 is 5.35. The van der Waals surface area contributed by atoms with Gasteiger partial charge < -0.3 is 24.9 Å². The first-order chi connectivity index (χ1) is 13.4. The number of hydrogen-bond acceptors (Lipinski definition) is 4. The normalized spacial score (nSPS) is 13.5. The third kappa shape index (κ3) is 3.46. The number of anilines is 1. The maximum absolute atomic E-state index is 12.7. The van der Waals surface area contributed by atoms with E-state index in [4.69, 9.17) is 4.74 Å². The highest BCUT2D eigenvalue weighted by atomic mass is 16.5. The molecule has 8 heteroatoms. The third-order valence-corrected chi connectivity index (χ3v) is 5.00. The number of methoxy groups -OCH3 is 1. The maximum Gasteiger partial charge on any atom is 0.323 e. The van der Waals surface area contributed by atoms with Crippen LogP contribution in [0.5, 0.6) is 5.75 Å². The number of aromatic nitrogens is 2. The van der Waals surface area contributed by atoms with Gasteiger partial charge in [0.05, 0.1) is 23.8 Å². The van der Waals surface area contributed by atoms with Crippen LogP contribution >= 0.6 is 0 Å². The van der Waals surface area contributed by atoms with Gasteiger partial charge in [-0.3, -0.25) is 4.90 Å². The van der Waals surface area contributed by atoms with Crippen molar-refractivity contribution in [3.05, 3.63) is 57.5 Å². The molecule has 0 radical (unpaired) electrons. The smallest absolute Gasteiger partial charge is 0.323 e. The number of hydrogen-bond donors (Lipinski definition) is 3. The molecule has 0 atom stereocenters. The molecule has 1 aliphatic rings. The summed E-state index contributed by atoms with van der Waals surface area (Å²) in [6.07, 6.45) is 0. The summed E-state index contributed by atoms with van der Waals surface area (Å²) in [5.41, 5.74) is 5.17. The molecular weight excluding hydrogens is 358 g/mol. The maximum atomic E-state index is 12.7. The number of urea groups is 1. The molecule has 2 amide bonds. The molecule has 8 nitrogen and oxygen atoms in total. The lowest BCUT2D eigenvalue weighted by Crippen LogP contribution is -2.31. The number of carbonyl (C=O) groups is 1. The summed E-state index contributed by atoms with van der Waals surface area (Å²) in [5, 5.41) is 2.86. The van der Waals surface area contributed by atoms with Gasteiger partial charge in [0, 0.05) is 32.7 Å². The third-order valence-electron chi connectivity index (χ3n) is 5.00. The Labute approximate surface area is 162 Å². The molecule has 4 rings (SSSR count). The minimum atomic E-state index is -0.306. The van der Waals surface area contributed by atoms with Crippen LogP contribution in [0.1, 0.15) is 16.7 Å². The van der Waals surface area contributed by atoms with Crippen molar-refractivity contribution in [2.45, 2.75) is 19.6 Å². The van der Waals surface area contributed by atoms with Crippen molar-refractivity contribution in [3.63, 3.8) is 0 Å². The number of rotatable bonds is 4. The minimum absolute atomic E-state index is 0.256. The van der Waals surface area contributed by atoms with Crippen molar-refractivity contribution in [2.75, 3.05) is 26.5 Å². The number of H-pyrrole nitrogens is 2. The number of imidazole rings is 1. The molecule has 146 valence electrons. The van der Waals surface area contributed by atoms with Gasteiger partial charge >= 0.3 is 11.7 Å². The fraction of sp³-hybridized carbons (Fsp3) is 0.300. The van der Waals surface area contributed by atoms with Crippen molar-refractivity contribution >= 4 is 22.8 Å². The van der Waals surface area contributed by atoms with Crippen molar-refractivity contribution in [1.82, 2.24) is 19.8 Å². The van der Waals surface area contributed by atoms with E-state index in [1.54, 1.807) is 24.1 Å². The summed E-state index contributed by atoms with van der Waals surface area (Å²) in [6.45, 7) is 2.40. The molecule has 2 heterocycles. The van der Waals surface area contributed by atoms with Gasteiger partial charge in [-0.1, -0.05) is 18.2 Å². The van der Waals surface area contributed by atoms with Crippen LogP contribution in [0.4, 0.5) is 10.5 Å². The SMILES string of the molecule is COc1cc2[nH]c(=O)[nH]c2cc1NC(=O)N(C)Cc1ccc2c(c1)CN(C)C2. The van der Waals surface area contributed by atoms with Crippen LogP contribution in [0.25, 0.3) is 11.0 Å². The Morgan fingerprint density at radius 2 is 1.89 bits per heavy atom. The van der Waals surface area contributed by atoms with E-state index < -0.39 is 0 Å². The van der Waals surface area contributed by atoms with Gasteiger partial charge in [-0.2, -0.15) is 0 Å². The summed E-state index contributed by atoms with van der Waals surface area (Å²) in [6, 6.07) is 9.48. The fourth-order valence-electron chi connectivity index (χ4n) is 3.60. The Morgan fingerprint density at radius 1 is 1.18 bits per heavy atom. The summed E-state index contributed by atoms with van der Waals surface area (Å²) in [4.78, 5) is 33.4. The molecule has 0 fully saturated rings. The second-order valence-corrected chi connectivity index (χ2v) is 7.24. The number of benzene rings is 2. The van der Waals surface area contributed by atoms with Gasteiger partial charge in [0.15, 0.2) is 0 Å². The fourth-order valence-corrected chi connectivity index (χ4v) is 3.60. The van der Waals surface area contributed by atoms with Gasteiger partial charge in [0.25, 0.3) is 0 Å². The minimum Gasteiger partial charge on any atom is -0.494 e. The molecule has 3 aromatic rings. The molecule has 2 aromatic carbocycles. The van der Waals surface area contributed by atoms with Crippen LogP contribution in [0.3, 0.4) is 0 Å². The molecule has 0 bridgehead atoms. The Balaban J connectivity index is 1.50. The Morgan fingerprint density at radius 3 is 2.64 bits per heavy atom. The van der Waals surface area contributed by atoms with E-state index in [1.807, 2.05) is 0 Å². The molecular formula is C20H23N5O3. The highest BCUT2D eigenvalue weighted by Gasteiger charge is 2.18. The van der Waals surface area contributed by atoms with Gasteiger partial charge in [-0.05, 0) is 29.8 Å². The number of nitrogens with zero attached hydrogens (tertiary/aromatic N) is 2. The number of aromatic amines is 2. The van der Waals surface area contributed by atoms with Gasteiger partial charge in [-0.15, -0.1) is 0 Å². The molecule has 3 N–H and O–H groups in total. The number of ether oxygens (including phenoxy) is 1. The summed E-state index contributed by atoms with van der Waals surface area (Å²) in [5.74, 6) is 0.477.